The van der Waals surface area contributed by atoms with Crippen LogP contribution in [-0.2, 0) is 4.74 Å². The predicted molar refractivity (Wildman–Crippen MR) is 174 cm³/mol. The van der Waals surface area contributed by atoms with Gasteiger partial charge >= 0.3 is 5.97 Å². The van der Waals surface area contributed by atoms with Gasteiger partial charge in [-0.2, -0.15) is 0 Å². The van der Waals surface area contributed by atoms with Crippen LogP contribution >= 0.6 is 0 Å². The summed E-state index contributed by atoms with van der Waals surface area (Å²) in [4.78, 5) is 38.5. The zero-order valence-electron chi connectivity index (χ0n) is 26.5. The van der Waals surface area contributed by atoms with E-state index in [-0.39, 0.29) is 18.1 Å². The van der Waals surface area contributed by atoms with Crippen molar-refractivity contribution in [3.63, 3.8) is 0 Å². The van der Waals surface area contributed by atoms with Gasteiger partial charge in [-0.3, -0.25) is 9.69 Å². The smallest absolute Gasteiger partial charge is 0.335 e. The van der Waals surface area contributed by atoms with Crippen LogP contribution in [0.3, 0.4) is 0 Å². The molecule has 45 heavy (non-hydrogen) atoms. The number of nitrogens with one attached hydrogen (secondary N) is 1. The van der Waals surface area contributed by atoms with Crippen molar-refractivity contribution in [3.8, 4) is 0 Å². The van der Waals surface area contributed by atoms with Crippen LogP contribution < -0.4 is 5.32 Å². The number of aryl methyl sites for hydroxylation is 1. The topological polar surface area (TPSA) is 108 Å². The molecule has 3 fully saturated rings. The third kappa shape index (κ3) is 7.36. The van der Waals surface area contributed by atoms with Gasteiger partial charge in [-0.15, -0.1) is 0 Å². The molecule has 3 unspecified atom stereocenters. The molecule has 3 aliphatic heterocycles. The maximum Gasteiger partial charge on any atom is 0.335 e. The van der Waals surface area contributed by atoms with Crippen LogP contribution in [0.4, 0.5) is 5.82 Å². The standard InChI is InChI=1S/C36H45N5O4/c1-24-11-13-26(14-12-24)32-10-4-9-31(45-32)21-37-34-25(2)33(38-23-39-34)35(42)40-18-15-30(16-19-40)41-17-5-8-29(22-41)27-6-3-7-28(20-27)36(43)44/h3,6-7,11-14,20,23,29-32H,4-5,8-10,15-19,21-22H2,1-2H3,(H,43,44)(H,37,38,39). The summed E-state index contributed by atoms with van der Waals surface area (Å²) in [5, 5.41) is 12.9. The largest absolute Gasteiger partial charge is 0.478 e. The molecule has 1 amide bonds. The summed E-state index contributed by atoms with van der Waals surface area (Å²) < 4.78 is 6.44. The van der Waals surface area contributed by atoms with Gasteiger partial charge in [-0.1, -0.05) is 42.0 Å². The summed E-state index contributed by atoms with van der Waals surface area (Å²) in [6.07, 6.45) is 8.81. The number of amides is 1. The molecule has 3 saturated heterocycles. The molecule has 3 atom stereocenters. The Morgan fingerprint density at radius 3 is 2.51 bits per heavy atom. The number of hydrogen-bond acceptors (Lipinski definition) is 7. The zero-order valence-corrected chi connectivity index (χ0v) is 26.5. The minimum atomic E-state index is -0.881. The van der Waals surface area contributed by atoms with E-state index in [1.807, 2.05) is 24.0 Å². The van der Waals surface area contributed by atoms with Crippen LogP contribution in [0.5, 0.6) is 0 Å². The number of anilines is 1. The first-order valence-corrected chi connectivity index (χ1v) is 16.5. The average molecular weight is 612 g/mol. The molecule has 3 aromatic rings. The van der Waals surface area contributed by atoms with E-state index in [0.29, 0.717) is 48.7 Å². The molecule has 2 aromatic carbocycles. The molecule has 9 heteroatoms. The Balaban J connectivity index is 1.02. The molecule has 2 N–H and O–H groups in total. The lowest BCUT2D eigenvalue weighted by atomic mass is 9.88. The molecule has 0 saturated carbocycles. The molecule has 0 aliphatic carbocycles. The molecular formula is C36H45N5O4. The van der Waals surface area contributed by atoms with E-state index in [0.717, 1.165) is 69.2 Å². The molecule has 9 nitrogen and oxygen atoms in total. The van der Waals surface area contributed by atoms with Crippen LogP contribution in [0.25, 0.3) is 0 Å². The van der Waals surface area contributed by atoms with Gasteiger partial charge in [-0.05, 0) is 94.5 Å². The molecule has 3 aliphatic rings. The quantitative estimate of drug-likeness (QED) is 0.320. The maximum atomic E-state index is 13.6. The first kappa shape index (κ1) is 31.2. The monoisotopic (exact) mass is 611 g/mol. The van der Waals surface area contributed by atoms with Gasteiger partial charge in [-0.25, -0.2) is 14.8 Å². The fourth-order valence-electron chi connectivity index (χ4n) is 7.25. The summed E-state index contributed by atoms with van der Waals surface area (Å²) in [6, 6.07) is 16.4. The second-order valence-electron chi connectivity index (χ2n) is 13.0. The Morgan fingerprint density at radius 1 is 0.933 bits per heavy atom. The van der Waals surface area contributed by atoms with Crippen LogP contribution in [0.2, 0.25) is 0 Å². The summed E-state index contributed by atoms with van der Waals surface area (Å²) in [5.74, 6) is 0.107. The number of aromatic carboxylic acids is 1. The van der Waals surface area contributed by atoms with Gasteiger partial charge in [0.05, 0.1) is 17.8 Å². The number of carboxylic acids is 1. The van der Waals surface area contributed by atoms with E-state index < -0.39 is 5.97 Å². The van der Waals surface area contributed by atoms with Crippen LogP contribution in [0.1, 0.15) is 100 Å². The van der Waals surface area contributed by atoms with E-state index in [1.165, 1.54) is 17.5 Å². The molecule has 6 rings (SSSR count). The highest BCUT2D eigenvalue weighted by atomic mass is 16.5. The van der Waals surface area contributed by atoms with E-state index >= 15 is 0 Å². The van der Waals surface area contributed by atoms with Gasteiger partial charge in [0.2, 0.25) is 0 Å². The molecule has 1 aromatic heterocycles. The third-order valence-electron chi connectivity index (χ3n) is 9.91. The number of carboxylic acid groups (broad SMARTS) is 1. The Hall–Kier alpha value is -3.82. The fourth-order valence-corrected chi connectivity index (χ4v) is 7.25. The van der Waals surface area contributed by atoms with Crippen molar-refractivity contribution < 1.29 is 19.4 Å². The van der Waals surface area contributed by atoms with Crippen molar-refractivity contribution >= 4 is 17.7 Å². The van der Waals surface area contributed by atoms with Crippen molar-refractivity contribution in [1.82, 2.24) is 19.8 Å². The van der Waals surface area contributed by atoms with Crippen LogP contribution in [0, 0.1) is 13.8 Å². The lowest BCUT2D eigenvalue weighted by Crippen LogP contribution is -2.49. The van der Waals surface area contributed by atoms with Crippen molar-refractivity contribution in [2.75, 3.05) is 38.0 Å². The van der Waals surface area contributed by atoms with Crippen molar-refractivity contribution in [2.45, 2.75) is 83.0 Å². The predicted octanol–water partition coefficient (Wildman–Crippen LogP) is 6.00. The number of hydrogen-bond donors (Lipinski definition) is 2. The molecule has 0 spiro atoms. The molecule has 238 valence electrons. The number of likely N-dealkylation sites (tertiary alicyclic amines) is 2. The SMILES string of the molecule is Cc1ccc(C2CCCC(CNc3ncnc(C(=O)N4CCC(N5CCCC(c6cccc(C(=O)O)c6)C5)CC4)c3C)O2)cc1. The van der Waals surface area contributed by atoms with Crippen molar-refractivity contribution in [1.29, 1.82) is 0 Å². The third-order valence-corrected chi connectivity index (χ3v) is 9.91. The highest BCUT2D eigenvalue weighted by Crippen LogP contribution is 2.33. The minimum Gasteiger partial charge on any atom is -0.478 e. The second-order valence-corrected chi connectivity index (χ2v) is 13.0. The highest BCUT2D eigenvalue weighted by Gasteiger charge is 2.32. The fraction of sp³-hybridized carbons (Fsp3) is 0.500. The Labute approximate surface area is 266 Å². The van der Waals surface area contributed by atoms with E-state index in [1.54, 1.807) is 6.07 Å². The van der Waals surface area contributed by atoms with Crippen molar-refractivity contribution in [2.24, 2.45) is 0 Å². The lowest BCUT2D eigenvalue weighted by Gasteiger charge is -2.42. The van der Waals surface area contributed by atoms with Crippen molar-refractivity contribution in [3.05, 3.63) is 88.4 Å². The Morgan fingerprint density at radius 2 is 1.73 bits per heavy atom. The highest BCUT2D eigenvalue weighted by molar-refractivity contribution is 5.94. The lowest BCUT2D eigenvalue weighted by molar-refractivity contribution is -0.0442. The molecular weight excluding hydrogens is 566 g/mol. The number of ether oxygens (including phenoxy) is 1. The van der Waals surface area contributed by atoms with E-state index in [4.69, 9.17) is 4.74 Å². The number of benzene rings is 2. The molecule has 0 radical (unpaired) electrons. The number of aromatic nitrogens is 2. The van der Waals surface area contributed by atoms with Gasteiger partial charge in [0.1, 0.15) is 17.8 Å². The molecule has 4 heterocycles. The van der Waals surface area contributed by atoms with Crippen LogP contribution in [0.15, 0.2) is 54.9 Å². The number of nitrogens with zero attached hydrogens (tertiary/aromatic N) is 4. The Kier molecular flexibility index (Phi) is 9.76. The van der Waals surface area contributed by atoms with Gasteiger partial charge in [0.25, 0.3) is 5.91 Å². The maximum absolute atomic E-state index is 13.6. The van der Waals surface area contributed by atoms with Gasteiger partial charge < -0.3 is 20.1 Å². The first-order valence-electron chi connectivity index (χ1n) is 16.5. The van der Waals surface area contributed by atoms with Gasteiger partial charge in [0.15, 0.2) is 0 Å². The van der Waals surface area contributed by atoms with E-state index in [2.05, 4.69) is 57.4 Å². The number of piperidine rings is 2. The zero-order chi connectivity index (χ0) is 31.3. The summed E-state index contributed by atoms with van der Waals surface area (Å²) >= 11 is 0. The molecule has 0 bridgehead atoms. The number of carbonyl (C=O) groups excluding carboxylic acids is 1. The number of carbonyl (C=O) groups is 2. The van der Waals surface area contributed by atoms with Gasteiger partial charge in [0, 0.05) is 37.8 Å². The second kappa shape index (κ2) is 14.1. The summed E-state index contributed by atoms with van der Waals surface area (Å²) in [5.41, 5.74) is 5.17. The van der Waals surface area contributed by atoms with E-state index in [9.17, 15) is 14.7 Å². The Bertz CT molecular complexity index is 1490. The summed E-state index contributed by atoms with van der Waals surface area (Å²) in [6.45, 7) is 8.02. The minimum absolute atomic E-state index is 0.0354. The van der Waals surface area contributed by atoms with Crippen LogP contribution in [-0.4, -0.2) is 81.6 Å². The average Bonchev–Trinajstić information content (AvgIpc) is 3.08. The normalized spacial score (nSPS) is 23.1. The first-order chi connectivity index (χ1) is 21.9. The number of rotatable bonds is 8. The summed E-state index contributed by atoms with van der Waals surface area (Å²) in [7, 11) is 0.